The summed E-state index contributed by atoms with van der Waals surface area (Å²) in [7, 11) is -1.93. The molecule has 1 rings (SSSR count). The molecule has 4 nitrogen and oxygen atoms in total. The summed E-state index contributed by atoms with van der Waals surface area (Å²) in [5, 5.41) is 21.3. The number of rotatable bonds is 3. The van der Waals surface area contributed by atoms with Gasteiger partial charge in [0.25, 0.3) is 0 Å². The first-order chi connectivity index (χ1) is 6.83. The monoisotopic (exact) mass is 222 g/mol. The molecule has 1 aromatic heterocycles. The summed E-state index contributed by atoms with van der Waals surface area (Å²) < 4.78 is 37.5. The van der Waals surface area contributed by atoms with Crippen molar-refractivity contribution < 1.29 is 23.2 Å². The molecule has 1 heterocycles. The number of hydrogen-bond acceptors (Lipinski definition) is 3. The maximum Gasteiger partial charge on any atom is 0.491 e. The van der Waals surface area contributed by atoms with Gasteiger partial charge in [-0.25, -0.2) is 0 Å². The minimum absolute atomic E-state index is 0.200. The van der Waals surface area contributed by atoms with Gasteiger partial charge in [0, 0.05) is 18.2 Å². The Morgan fingerprint density at radius 1 is 1.47 bits per heavy atom. The highest BCUT2D eigenvalue weighted by Gasteiger charge is 2.32. The van der Waals surface area contributed by atoms with Gasteiger partial charge in [0.2, 0.25) is 0 Å². The van der Waals surface area contributed by atoms with Crippen LogP contribution in [0.2, 0.25) is 0 Å². The van der Waals surface area contributed by atoms with E-state index in [0.717, 1.165) is 0 Å². The number of aromatic nitrogens is 2. The Labute approximate surface area is 84.5 Å². The smallest absolute Gasteiger partial charge is 0.423 e. The summed E-state index contributed by atoms with van der Waals surface area (Å²) in [4.78, 5) is 0. The van der Waals surface area contributed by atoms with Gasteiger partial charge in [0.1, 0.15) is 0 Å². The van der Waals surface area contributed by atoms with Crippen molar-refractivity contribution in [2.75, 3.05) is 0 Å². The van der Waals surface area contributed by atoms with Gasteiger partial charge in [-0.2, -0.15) is 18.3 Å². The lowest BCUT2D eigenvalue weighted by Crippen LogP contribution is -2.33. The highest BCUT2D eigenvalue weighted by Crippen LogP contribution is 2.19. The molecular weight excluding hydrogens is 212 g/mol. The van der Waals surface area contributed by atoms with Gasteiger partial charge in [-0.1, -0.05) is 0 Å². The van der Waals surface area contributed by atoms with Crippen LogP contribution in [0.1, 0.15) is 12.6 Å². The Bertz CT molecular complexity index is 337. The Kier molecular flexibility index (Phi) is 3.40. The molecule has 2 N–H and O–H groups in total. The minimum atomic E-state index is -4.41. The second kappa shape index (κ2) is 4.24. The van der Waals surface area contributed by atoms with Gasteiger partial charge in [0.15, 0.2) is 0 Å². The molecule has 0 spiro atoms. The standard InChI is InChI=1S/C7H10BF3N2O2/c1-2-13-4-5(8(14)15)6(12-13)3-7(9,10)11/h4,14-15H,2-3H2,1H3. The Morgan fingerprint density at radius 3 is 2.47 bits per heavy atom. The Hall–Kier alpha value is -1.02. The number of nitrogens with zero attached hydrogens (tertiary/aromatic N) is 2. The number of alkyl halides is 3. The maximum atomic E-state index is 12.1. The number of halogens is 3. The van der Waals surface area contributed by atoms with Gasteiger partial charge in [-0.15, -0.1) is 0 Å². The van der Waals surface area contributed by atoms with Crippen LogP contribution in [0.3, 0.4) is 0 Å². The quantitative estimate of drug-likeness (QED) is 0.689. The molecule has 0 aliphatic heterocycles. The normalized spacial score (nSPS) is 11.9. The molecule has 0 aliphatic rings. The van der Waals surface area contributed by atoms with Crippen molar-refractivity contribution in [3.05, 3.63) is 11.9 Å². The largest absolute Gasteiger partial charge is 0.491 e. The van der Waals surface area contributed by atoms with E-state index in [4.69, 9.17) is 10.0 Å². The summed E-state index contributed by atoms with van der Waals surface area (Å²) in [5.41, 5.74) is -0.548. The molecule has 0 bridgehead atoms. The van der Waals surface area contributed by atoms with Gasteiger partial charge >= 0.3 is 13.3 Å². The fourth-order valence-corrected chi connectivity index (χ4v) is 1.18. The zero-order valence-electron chi connectivity index (χ0n) is 7.99. The van der Waals surface area contributed by atoms with Crippen molar-refractivity contribution in [2.45, 2.75) is 26.1 Å². The van der Waals surface area contributed by atoms with Gasteiger partial charge in [-0.05, 0) is 6.92 Å². The van der Waals surface area contributed by atoms with Crippen molar-refractivity contribution >= 4 is 12.6 Å². The molecule has 0 aromatic carbocycles. The second-order valence-electron chi connectivity index (χ2n) is 3.05. The molecule has 0 unspecified atom stereocenters. The van der Waals surface area contributed by atoms with Gasteiger partial charge in [0.05, 0.1) is 12.1 Å². The third-order valence-electron chi connectivity index (χ3n) is 1.84. The average Bonchev–Trinajstić information content (AvgIpc) is 2.44. The van der Waals surface area contributed by atoms with Crippen LogP contribution in [0, 0.1) is 0 Å². The first-order valence-electron chi connectivity index (χ1n) is 4.32. The summed E-state index contributed by atoms with van der Waals surface area (Å²) in [6.07, 6.45) is -4.46. The van der Waals surface area contributed by atoms with E-state index in [1.54, 1.807) is 6.92 Å². The van der Waals surface area contributed by atoms with Crippen LogP contribution in [-0.2, 0) is 13.0 Å². The number of hydrogen-bond donors (Lipinski definition) is 2. The molecule has 0 atom stereocenters. The lowest BCUT2D eigenvalue weighted by molar-refractivity contribution is -0.127. The van der Waals surface area contributed by atoms with E-state index in [-0.39, 0.29) is 11.2 Å². The first-order valence-corrected chi connectivity index (χ1v) is 4.32. The van der Waals surface area contributed by atoms with E-state index < -0.39 is 19.7 Å². The molecule has 15 heavy (non-hydrogen) atoms. The molecule has 84 valence electrons. The summed E-state index contributed by atoms with van der Waals surface area (Å²) in [6.45, 7) is 2.06. The Balaban J connectivity index is 2.99. The molecule has 0 saturated heterocycles. The second-order valence-corrected chi connectivity index (χ2v) is 3.05. The van der Waals surface area contributed by atoms with E-state index >= 15 is 0 Å². The van der Waals surface area contributed by atoms with Crippen LogP contribution >= 0.6 is 0 Å². The average molecular weight is 222 g/mol. The molecule has 8 heteroatoms. The van der Waals surface area contributed by atoms with E-state index in [1.807, 2.05) is 0 Å². The van der Waals surface area contributed by atoms with Crippen molar-refractivity contribution in [1.29, 1.82) is 0 Å². The SMILES string of the molecule is CCn1cc(B(O)O)c(CC(F)(F)F)n1. The lowest BCUT2D eigenvalue weighted by Gasteiger charge is -2.04. The highest BCUT2D eigenvalue weighted by atomic mass is 19.4. The summed E-state index contributed by atoms with van der Waals surface area (Å²) in [5.74, 6) is 0. The van der Waals surface area contributed by atoms with Crippen LogP contribution in [0.25, 0.3) is 0 Å². The van der Waals surface area contributed by atoms with Gasteiger partial charge < -0.3 is 10.0 Å². The van der Waals surface area contributed by atoms with Gasteiger partial charge in [-0.3, -0.25) is 4.68 Å². The van der Waals surface area contributed by atoms with Crippen molar-refractivity contribution in [1.82, 2.24) is 9.78 Å². The van der Waals surface area contributed by atoms with Crippen LogP contribution < -0.4 is 5.46 Å². The maximum absolute atomic E-state index is 12.1. The fourth-order valence-electron chi connectivity index (χ4n) is 1.18. The van der Waals surface area contributed by atoms with E-state index in [9.17, 15) is 13.2 Å². The van der Waals surface area contributed by atoms with E-state index in [2.05, 4.69) is 5.10 Å². The molecule has 0 fully saturated rings. The summed E-state index contributed by atoms with van der Waals surface area (Å²) in [6, 6.07) is 0. The molecule has 0 saturated carbocycles. The Morgan fingerprint density at radius 2 is 2.07 bits per heavy atom. The molecular formula is C7H10BF3N2O2. The van der Waals surface area contributed by atoms with E-state index in [1.165, 1.54) is 10.9 Å². The zero-order chi connectivity index (χ0) is 11.6. The van der Waals surface area contributed by atoms with Crippen LogP contribution in [-0.4, -0.2) is 33.1 Å². The lowest BCUT2D eigenvalue weighted by atomic mass is 9.80. The topological polar surface area (TPSA) is 58.3 Å². The van der Waals surface area contributed by atoms with Crippen LogP contribution in [0.4, 0.5) is 13.2 Å². The third kappa shape index (κ3) is 3.24. The first kappa shape index (κ1) is 12.1. The summed E-state index contributed by atoms with van der Waals surface area (Å²) >= 11 is 0. The molecule has 0 radical (unpaired) electrons. The molecule has 1 aromatic rings. The van der Waals surface area contributed by atoms with Crippen LogP contribution in [0.15, 0.2) is 6.20 Å². The minimum Gasteiger partial charge on any atom is -0.423 e. The zero-order valence-corrected chi connectivity index (χ0v) is 7.99. The van der Waals surface area contributed by atoms with E-state index in [0.29, 0.717) is 6.54 Å². The van der Waals surface area contributed by atoms with Crippen molar-refractivity contribution in [3.8, 4) is 0 Å². The predicted octanol–water partition coefficient (Wildman–Crippen LogP) is -0.312. The molecule has 0 amide bonds. The number of aryl methyl sites for hydroxylation is 1. The van der Waals surface area contributed by atoms with Crippen molar-refractivity contribution in [2.24, 2.45) is 0 Å². The fraction of sp³-hybridized carbons (Fsp3) is 0.571. The van der Waals surface area contributed by atoms with Crippen molar-refractivity contribution in [3.63, 3.8) is 0 Å². The predicted molar refractivity (Wildman–Crippen MR) is 47.5 cm³/mol. The molecule has 0 aliphatic carbocycles. The highest BCUT2D eigenvalue weighted by molar-refractivity contribution is 6.59. The third-order valence-corrected chi connectivity index (χ3v) is 1.84. The van der Waals surface area contributed by atoms with Crippen LogP contribution in [0.5, 0.6) is 0 Å².